The smallest absolute Gasteiger partial charge is 0.286 e. The van der Waals surface area contributed by atoms with Crippen LogP contribution in [0.5, 0.6) is 0 Å². The van der Waals surface area contributed by atoms with E-state index in [1.54, 1.807) is 22.7 Å². The Bertz CT molecular complexity index is 539. The lowest BCUT2D eigenvalue weighted by atomic mass is 10.5. The predicted molar refractivity (Wildman–Crippen MR) is 59.6 cm³/mol. The van der Waals surface area contributed by atoms with Gasteiger partial charge in [-0.2, -0.15) is 0 Å². The van der Waals surface area contributed by atoms with Crippen LogP contribution in [0.2, 0.25) is 5.02 Å². The third kappa shape index (κ3) is 1.71. The Morgan fingerprint density at radius 1 is 1.60 bits per heavy atom. The van der Waals surface area contributed by atoms with E-state index in [0.717, 1.165) is 0 Å². The van der Waals surface area contributed by atoms with Crippen LogP contribution in [0.3, 0.4) is 0 Å². The number of pyridine rings is 1. The minimum Gasteiger partial charge on any atom is -0.292 e. The molecular formula is C8H6BrClN4O. The van der Waals surface area contributed by atoms with Gasteiger partial charge in [0.15, 0.2) is 5.69 Å². The number of halogens is 2. The molecule has 0 spiro atoms. The van der Waals surface area contributed by atoms with Crippen LogP contribution >= 0.6 is 27.5 Å². The van der Waals surface area contributed by atoms with Gasteiger partial charge in [0.25, 0.3) is 5.91 Å². The van der Waals surface area contributed by atoms with Crippen molar-refractivity contribution in [2.24, 2.45) is 5.84 Å². The van der Waals surface area contributed by atoms with Crippen molar-refractivity contribution in [1.29, 1.82) is 0 Å². The quantitative estimate of drug-likeness (QED) is 0.473. The van der Waals surface area contributed by atoms with Crippen molar-refractivity contribution >= 4 is 39.1 Å². The highest BCUT2D eigenvalue weighted by Crippen LogP contribution is 2.21. The van der Waals surface area contributed by atoms with E-state index in [0.29, 0.717) is 15.3 Å². The largest absolute Gasteiger partial charge is 0.292 e. The number of hydrazine groups is 1. The maximum Gasteiger partial charge on any atom is 0.286 e. The minimum atomic E-state index is -0.457. The maximum absolute atomic E-state index is 11.3. The molecule has 78 valence electrons. The van der Waals surface area contributed by atoms with Crippen molar-refractivity contribution in [2.45, 2.75) is 0 Å². The predicted octanol–water partition coefficient (Wildman–Crippen LogP) is 1.35. The molecule has 0 saturated carbocycles. The Hall–Kier alpha value is -1.11. The third-order valence-electron chi connectivity index (χ3n) is 1.87. The van der Waals surface area contributed by atoms with E-state index in [1.165, 1.54) is 0 Å². The Kier molecular flexibility index (Phi) is 2.64. The molecule has 0 aliphatic heterocycles. The van der Waals surface area contributed by atoms with Crippen LogP contribution < -0.4 is 11.3 Å². The molecule has 7 heteroatoms. The molecule has 0 unspecified atom stereocenters. The van der Waals surface area contributed by atoms with E-state index in [-0.39, 0.29) is 5.69 Å². The van der Waals surface area contributed by atoms with Crippen LogP contribution in [-0.4, -0.2) is 15.3 Å². The first-order valence-electron chi connectivity index (χ1n) is 3.97. The molecule has 2 rings (SSSR count). The van der Waals surface area contributed by atoms with Crippen molar-refractivity contribution in [1.82, 2.24) is 14.8 Å². The first-order valence-corrected chi connectivity index (χ1v) is 5.14. The molecule has 1 amide bonds. The second-order valence-corrected chi connectivity index (χ2v) is 3.99. The average Bonchev–Trinajstić information content (AvgIpc) is 2.55. The first-order chi connectivity index (χ1) is 7.13. The summed E-state index contributed by atoms with van der Waals surface area (Å²) in [5, 5.41) is 0.556. The number of carbonyl (C=O) groups excluding carboxylic acids is 1. The zero-order valence-corrected chi connectivity index (χ0v) is 9.71. The number of hydrogen-bond donors (Lipinski definition) is 2. The number of rotatable bonds is 1. The topological polar surface area (TPSA) is 72.4 Å². The summed E-state index contributed by atoms with van der Waals surface area (Å²) in [6.07, 6.45) is 1.65. The van der Waals surface area contributed by atoms with Crippen LogP contribution in [0.4, 0.5) is 0 Å². The van der Waals surface area contributed by atoms with Crippen LogP contribution in [0.25, 0.3) is 5.65 Å². The minimum absolute atomic E-state index is 0.222. The molecule has 3 N–H and O–H groups in total. The second kappa shape index (κ2) is 3.80. The number of fused-ring (bicyclic) bond motifs is 1. The summed E-state index contributed by atoms with van der Waals surface area (Å²) in [6, 6.07) is 3.40. The van der Waals surface area contributed by atoms with E-state index in [2.05, 4.69) is 20.9 Å². The van der Waals surface area contributed by atoms with Crippen molar-refractivity contribution in [3.8, 4) is 0 Å². The van der Waals surface area contributed by atoms with Crippen LogP contribution in [-0.2, 0) is 0 Å². The molecule has 0 aliphatic rings. The summed E-state index contributed by atoms with van der Waals surface area (Å²) < 4.78 is 2.18. The van der Waals surface area contributed by atoms with Crippen molar-refractivity contribution < 1.29 is 4.79 Å². The van der Waals surface area contributed by atoms with Gasteiger partial charge in [0.05, 0.1) is 5.02 Å². The molecule has 2 heterocycles. The number of nitrogens with one attached hydrogen (secondary N) is 1. The lowest BCUT2D eigenvalue weighted by Gasteiger charge is -1.96. The third-order valence-corrected chi connectivity index (χ3v) is 2.85. The molecule has 0 atom stereocenters. The number of nitrogens with zero attached hydrogens (tertiary/aromatic N) is 2. The van der Waals surface area contributed by atoms with Gasteiger partial charge in [-0.25, -0.2) is 10.8 Å². The molecule has 0 aliphatic carbocycles. The molecule has 0 fully saturated rings. The van der Waals surface area contributed by atoms with Gasteiger partial charge in [0.1, 0.15) is 10.3 Å². The highest BCUT2D eigenvalue weighted by molar-refractivity contribution is 9.10. The maximum atomic E-state index is 11.3. The lowest BCUT2D eigenvalue weighted by molar-refractivity contribution is 0.0948. The van der Waals surface area contributed by atoms with Gasteiger partial charge in [0, 0.05) is 6.20 Å². The van der Waals surface area contributed by atoms with Crippen molar-refractivity contribution in [3.63, 3.8) is 0 Å². The fraction of sp³-hybridized carbons (Fsp3) is 0. The monoisotopic (exact) mass is 288 g/mol. The fourth-order valence-electron chi connectivity index (χ4n) is 1.20. The van der Waals surface area contributed by atoms with Gasteiger partial charge in [-0.15, -0.1) is 0 Å². The number of carbonyl (C=O) groups is 1. The number of aromatic nitrogens is 2. The Labute approximate surface area is 98.3 Å². The van der Waals surface area contributed by atoms with Crippen LogP contribution in [0.15, 0.2) is 22.9 Å². The summed E-state index contributed by atoms with van der Waals surface area (Å²) in [6.45, 7) is 0. The molecule has 0 bridgehead atoms. The summed E-state index contributed by atoms with van der Waals surface area (Å²) in [7, 11) is 0. The van der Waals surface area contributed by atoms with Crippen molar-refractivity contribution in [3.05, 3.63) is 33.6 Å². The summed E-state index contributed by atoms with van der Waals surface area (Å²) in [5.41, 5.74) is 2.86. The number of nitrogen functional groups attached to an aromatic ring is 1. The lowest BCUT2D eigenvalue weighted by Crippen LogP contribution is -2.30. The molecule has 0 saturated heterocycles. The molecular weight excluding hydrogens is 283 g/mol. The standard InChI is InChI=1S/C8H6BrClN4O/c9-7-6(8(15)13-11)12-5-2-1-4(10)3-14(5)7/h1-3H,11H2,(H,13,15). The van der Waals surface area contributed by atoms with E-state index in [4.69, 9.17) is 17.4 Å². The van der Waals surface area contributed by atoms with E-state index in [9.17, 15) is 4.79 Å². The van der Waals surface area contributed by atoms with E-state index < -0.39 is 5.91 Å². The normalized spacial score (nSPS) is 10.6. The molecule has 5 nitrogen and oxygen atoms in total. The van der Waals surface area contributed by atoms with Crippen molar-refractivity contribution in [2.75, 3.05) is 0 Å². The number of nitrogens with two attached hydrogens (primary N) is 1. The molecule has 2 aromatic rings. The van der Waals surface area contributed by atoms with Gasteiger partial charge in [0.2, 0.25) is 0 Å². The van der Waals surface area contributed by atoms with E-state index >= 15 is 0 Å². The Morgan fingerprint density at radius 3 is 3.00 bits per heavy atom. The number of imidazole rings is 1. The highest BCUT2D eigenvalue weighted by Gasteiger charge is 2.15. The molecule has 15 heavy (non-hydrogen) atoms. The Morgan fingerprint density at radius 2 is 2.33 bits per heavy atom. The van der Waals surface area contributed by atoms with Gasteiger partial charge >= 0.3 is 0 Å². The summed E-state index contributed by atoms with van der Waals surface area (Å²) >= 11 is 9.07. The highest BCUT2D eigenvalue weighted by atomic mass is 79.9. The fourth-order valence-corrected chi connectivity index (χ4v) is 1.92. The molecule has 0 aromatic carbocycles. The second-order valence-electron chi connectivity index (χ2n) is 2.80. The summed E-state index contributed by atoms with van der Waals surface area (Å²) in [5.74, 6) is 4.57. The van der Waals surface area contributed by atoms with Gasteiger partial charge in [-0.1, -0.05) is 11.6 Å². The van der Waals surface area contributed by atoms with Gasteiger partial charge < -0.3 is 0 Å². The van der Waals surface area contributed by atoms with Gasteiger partial charge in [-0.3, -0.25) is 14.6 Å². The molecule has 0 radical (unpaired) electrons. The summed E-state index contributed by atoms with van der Waals surface area (Å²) in [4.78, 5) is 15.4. The number of hydrogen-bond acceptors (Lipinski definition) is 3. The zero-order valence-electron chi connectivity index (χ0n) is 7.37. The molecule has 2 aromatic heterocycles. The Balaban J connectivity index is 2.69. The van der Waals surface area contributed by atoms with Gasteiger partial charge in [-0.05, 0) is 28.1 Å². The van der Waals surface area contributed by atoms with E-state index in [1.807, 2.05) is 5.43 Å². The first kappa shape index (κ1) is 10.4. The SMILES string of the molecule is NNC(=O)c1nc2ccc(Cl)cn2c1Br. The zero-order chi connectivity index (χ0) is 11.0. The van der Waals surface area contributed by atoms with Crippen LogP contribution in [0.1, 0.15) is 10.5 Å². The average molecular weight is 290 g/mol. The number of amides is 1. The van der Waals surface area contributed by atoms with Crippen LogP contribution in [0, 0.1) is 0 Å².